The Morgan fingerprint density at radius 3 is 2.67 bits per heavy atom. The lowest BCUT2D eigenvalue weighted by molar-refractivity contribution is -0.136. The van der Waals surface area contributed by atoms with Crippen LogP contribution >= 0.6 is 0 Å². The maximum absolute atomic E-state index is 10.4. The molecule has 6 heteroatoms. The third kappa shape index (κ3) is 2.85. The predicted octanol–water partition coefficient (Wildman–Crippen LogP) is 1.05. The van der Waals surface area contributed by atoms with Crippen molar-refractivity contribution in [2.45, 2.75) is 19.4 Å². The Morgan fingerprint density at radius 1 is 1.28 bits per heavy atom. The summed E-state index contributed by atoms with van der Waals surface area (Å²) in [5, 5.41) is 26.0. The van der Waals surface area contributed by atoms with E-state index < -0.39 is 5.97 Å². The Hall–Kier alpha value is -2.37. The third-order valence-electron chi connectivity index (χ3n) is 2.53. The molecule has 0 amide bonds. The van der Waals surface area contributed by atoms with Gasteiger partial charge in [-0.2, -0.15) is 0 Å². The lowest BCUT2D eigenvalue weighted by Gasteiger charge is -2.02. The van der Waals surface area contributed by atoms with Crippen molar-refractivity contribution >= 4 is 5.97 Å². The number of benzene rings is 1. The smallest absolute Gasteiger partial charge is 0.303 e. The van der Waals surface area contributed by atoms with Gasteiger partial charge >= 0.3 is 5.97 Å². The van der Waals surface area contributed by atoms with Crippen LogP contribution in [0.2, 0.25) is 0 Å². The zero-order valence-electron chi connectivity index (χ0n) is 9.65. The minimum Gasteiger partial charge on any atom is -0.492 e. The molecule has 0 aliphatic heterocycles. The number of hydrogen-bond acceptors (Lipinski definition) is 4. The average Bonchev–Trinajstić information content (AvgIpc) is 2.70. The van der Waals surface area contributed by atoms with Gasteiger partial charge in [-0.25, -0.2) is 4.68 Å². The first-order chi connectivity index (χ1) is 8.66. The van der Waals surface area contributed by atoms with Gasteiger partial charge in [0, 0.05) is 6.42 Å². The van der Waals surface area contributed by atoms with E-state index in [1.54, 1.807) is 0 Å². The summed E-state index contributed by atoms with van der Waals surface area (Å²) in [6.07, 6.45) is 0.105. The molecule has 94 valence electrons. The van der Waals surface area contributed by atoms with Crippen LogP contribution < -0.4 is 0 Å². The third-order valence-corrected chi connectivity index (χ3v) is 2.53. The largest absolute Gasteiger partial charge is 0.492 e. The Morgan fingerprint density at radius 2 is 2.00 bits per heavy atom. The number of rotatable bonds is 5. The number of carboxylic acid groups (broad SMARTS) is 1. The molecule has 0 saturated heterocycles. The van der Waals surface area contributed by atoms with Gasteiger partial charge in [0.05, 0.1) is 13.0 Å². The van der Waals surface area contributed by atoms with E-state index in [4.69, 9.17) is 5.11 Å². The molecule has 18 heavy (non-hydrogen) atoms. The lowest BCUT2D eigenvalue weighted by atomic mass is 10.2. The molecular weight excluding hydrogens is 234 g/mol. The molecule has 0 fully saturated rings. The number of hydrogen-bond donors (Lipinski definition) is 2. The van der Waals surface area contributed by atoms with Gasteiger partial charge in [-0.05, 0) is 5.56 Å². The summed E-state index contributed by atoms with van der Waals surface area (Å²) in [6.45, 7) is 0.409. The number of aryl methyl sites for hydroxylation is 1. The molecule has 1 aromatic carbocycles. The van der Waals surface area contributed by atoms with Crippen LogP contribution in [0.25, 0.3) is 0 Å². The second kappa shape index (κ2) is 5.31. The van der Waals surface area contributed by atoms with E-state index in [0.29, 0.717) is 12.2 Å². The highest BCUT2D eigenvalue weighted by molar-refractivity contribution is 5.67. The predicted molar refractivity (Wildman–Crippen MR) is 63.2 cm³/mol. The Kier molecular flexibility index (Phi) is 3.57. The molecule has 0 atom stereocenters. The number of aliphatic carboxylic acids is 1. The van der Waals surface area contributed by atoms with Gasteiger partial charge in [0.2, 0.25) is 5.88 Å². The highest BCUT2D eigenvalue weighted by Crippen LogP contribution is 2.16. The summed E-state index contributed by atoms with van der Waals surface area (Å²) in [6, 6.07) is 9.53. The van der Waals surface area contributed by atoms with E-state index in [0.717, 1.165) is 5.56 Å². The fourth-order valence-corrected chi connectivity index (χ4v) is 1.59. The molecule has 1 aromatic heterocycles. The Bertz CT molecular complexity index is 537. The van der Waals surface area contributed by atoms with Crippen molar-refractivity contribution < 1.29 is 15.0 Å². The fraction of sp³-hybridized carbons (Fsp3) is 0.250. The SMILES string of the molecule is O=C(O)CCc1nnn(Cc2ccccc2)c1O. The second-order valence-corrected chi connectivity index (χ2v) is 3.90. The second-order valence-electron chi connectivity index (χ2n) is 3.90. The van der Waals surface area contributed by atoms with Gasteiger partial charge in [-0.1, -0.05) is 35.5 Å². The first-order valence-corrected chi connectivity index (χ1v) is 5.54. The van der Waals surface area contributed by atoms with Gasteiger partial charge in [0.25, 0.3) is 0 Å². The zero-order valence-corrected chi connectivity index (χ0v) is 9.65. The minimum atomic E-state index is -0.924. The van der Waals surface area contributed by atoms with Crippen LogP contribution in [0.4, 0.5) is 0 Å². The van der Waals surface area contributed by atoms with E-state index in [-0.39, 0.29) is 18.7 Å². The lowest BCUT2D eigenvalue weighted by Crippen LogP contribution is -2.01. The Balaban J connectivity index is 2.08. The molecule has 2 N–H and O–H groups in total. The molecule has 0 saturated carbocycles. The van der Waals surface area contributed by atoms with Gasteiger partial charge < -0.3 is 10.2 Å². The monoisotopic (exact) mass is 247 g/mol. The van der Waals surface area contributed by atoms with Crippen LogP contribution in [-0.2, 0) is 17.8 Å². The first-order valence-electron chi connectivity index (χ1n) is 5.54. The summed E-state index contributed by atoms with van der Waals surface area (Å²) < 4.78 is 1.35. The summed E-state index contributed by atoms with van der Waals surface area (Å²) in [5.41, 5.74) is 1.30. The molecule has 0 aliphatic carbocycles. The number of carbonyl (C=O) groups is 1. The molecule has 0 unspecified atom stereocenters. The van der Waals surface area contributed by atoms with E-state index in [1.165, 1.54) is 4.68 Å². The summed E-state index contributed by atoms with van der Waals surface area (Å²) >= 11 is 0. The first kappa shape index (κ1) is 12.1. The number of nitrogens with zero attached hydrogens (tertiary/aromatic N) is 3. The highest BCUT2D eigenvalue weighted by Gasteiger charge is 2.12. The average molecular weight is 247 g/mol. The normalized spacial score (nSPS) is 10.4. The van der Waals surface area contributed by atoms with Crippen LogP contribution in [0.3, 0.4) is 0 Å². The number of aromatic nitrogens is 3. The van der Waals surface area contributed by atoms with Gasteiger partial charge in [0.1, 0.15) is 5.69 Å². The van der Waals surface area contributed by atoms with Gasteiger partial charge in [-0.15, -0.1) is 5.10 Å². The van der Waals surface area contributed by atoms with Crippen molar-refractivity contribution in [3.05, 3.63) is 41.6 Å². The van der Waals surface area contributed by atoms with Crippen LogP contribution in [0, 0.1) is 0 Å². The van der Waals surface area contributed by atoms with Crippen molar-refractivity contribution in [2.24, 2.45) is 0 Å². The summed E-state index contributed by atoms with van der Waals surface area (Å²) in [5.74, 6) is -0.993. The zero-order chi connectivity index (χ0) is 13.0. The molecule has 2 aromatic rings. The maximum atomic E-state index is 10.4. The van der Waals surface area contributed by atoms with E-state index in [2.05, 4.69) is 10.3 Å². The molecule has 0 aliphatic rings. The summed E-state index contributed by atoms with van der Waals surface area (Å²) in [7, 11) is 0. The van der Waals surface area contributed by atoms with Crippen LogP contribution in [0.5, 0.6) is 5.88 Å². The molecule has 6 nitrogen and oxygen atoms in total. The van der Waals surface area contributed by atoms with E-state index >= 15 is 0 Å². The van der Waals surface area contributed by atoms with Crippen LogP contribution in [0.1, 0.15) is 17.7 Å². The van der Waals surface area contributed by atoms with Crippen molar-refractivity contribution in [2.75, 3.05) is 0 Å². The summed E-state index contributed by atoms with van der Waals surface area (Å²) in [4.78, 5) is 10.4. The topological polar surface area (TPSA) is 88.2 Å². The number of carboxylic acids is 1. The molecule has 0 spiro atoms. The Labute approximate surface area is 103 Å². The van der Waals surface area contributed by atoms with E-state index in [1.807, 2.05) is 30.3 Å². The van der Waals surface area contributed by atoms with E-state index in [9.17, 15) is 9.90 Å². The van der Waals surface area contributed by atoms with Crippen molar-refractivity contribution in [3.63, 3.8) is 0 Å². The molecular formula is C12H13N3O3. The molecule has 1 heterocycles. The van der Waals surface area contributed by atoms with Crippen molar-refractivity contribution in [1.82, 2.24) is 15.0 Å². The number of aromatic hydroxyl groups is 1. The van der Waals surface area contributed by atoms with Crippen molar-refractivity contribution in [1.29, 1.82) is 0 Å². The molecule has 0 bridgehead atoms. The molecule has 0 radical (unpaired) electrons. The van der Waals surface area contributed by atoms with Crippen LogP contribution in [0.15, 0.2) is 30.3 Å². The quantitative estimate of drug-likeness (QED) is 0.824. The van der Waals surface area contributed by atoms with Gasteiger partial charge in [0.15, 0.2) is 0 Å². The minimum absolute atomic E-state index is 0.0693. The standard InChI is InChI=1S/C12H13N3O3/c16-11(17)7-6-10-12(18)15(14-13-10)8-9-4-2-1-3-5-9/h1-5,18H,6-8H2,(H,16,17). The van der Waals surface area contributed by atoms with Crippen molar-refractivity contribution in [3.8, 4) is 5.88 Å². The highest BCUT2D eigenvalue weighted by atomic mass is 16.4. The van der Waals surface area contributed by atoms with Crippen LogP contribution in [-0.4, -0.2) is 31.2 Å². The maximum Gasteiger partial charge on any atom is 0.303 e. The van der Waals surface area contributed by atoms with Gasteiger partial charge in [-0.3, -0.25) is 4.79 Å². The molecule has 2 rings (SSSR count). The fourth-order valence-electron chi connectivity index (χ4n) is 1.59.